The highest BCUT2D eigenvalue weighted by molar-refractivity contribution is 6.07. The van der Waals surface area contributed by atoms with E-state index in [4.69, 9.17) is 1.37 Å². The minimum atomic E-state index is -1.41. The first-order chi connectivity index (χ1) is 18.9. The summed E-state index contributed by atoms with van der Waals surface area (Å²) in [4.78, 5) is 45.5. The number of hydrogen-bond acceptors (Lipinski definition) is 4. The third-order valence-electron chi connectivity index (χ3n) is 7.61. The molecule has 1 saturated heterocycles. The lowest BCUT2D eigenvalue weighted by Gasteiger charge is -2.33. The molecule has 5 rings (SSSR count). The van der Waals surface area contributed by atoms with Crippen LogP contribution in [0.1, 0.15) is 44.1 Å². The Hall–Kier alpha value is -4.33. The number of likely N-dealkylation sites (N-methyl/N-ethyl adjacent to an activating group) is 1. The van der Waals surface area contributed by atoms with Crippen molar-refractivity contribution in [2.24, 2.45) is 5.92 Å². The van der Waals surface area contributed by atoms with Crippen LogP contribution in [-0.2, 0) is 15.0 Å². The third-order valence-corrected chi connectivity index (χ3v) is 7.61. The number of carbonyl (C=O) groups excluding carboxylic acids is 3. The predicted octanol–water partition coefficient (Wildman–Crippen LogP) is 4.09. The van der Waals surface area contributed by atoms with Crippen LogP contribution in [0.3, 0.4) is 0 Å². The molecule has 39 heavy (non-hydrogen) atoms. The van der Waals surface area contributed by atoms with E-state index in [2.05, 4.69) is 16.4 Å². The molecule has 2 aliphatic rings. The summed E-state index contributed by atoms with van der Waals surface area (Å²) in [5.41, 5.74) is -0.910. The van der Waals surface area contributed by atoms with Gasteiger partial charge in [-0.05, 0) is 30.0 Å². The summed E-state index contributed by atoms with van der Waals surface area (Å²) in [6, 6.07) is 6.38. The molecule has 1 aromatic heterocycles. The second-order valence-corrected chi connectivity index (χ2v) is 10.5. The monoisotopic (exact) mass is 538 g/mol. The first kappa shape index (κ1) is 25.0. The summed E-state index contributed by atoms with van der Waals surface area (Å²) in [6.45, 7) is 3.57. The maximum absolute atomic E-state index is 14.3. The Morgan fingerprint density at radius 1 is 1.28 bits per heavy atom. The van der Waals surface area contributed by atoms with Gasteiger partial charge in [-0.3, -0.25) is 14.4 Å². The number of halogens is 3. The molecule has 3 atom stereocenters. The molecule has 2 N–H and O–H groups in total. The zero-order valence-electron chi connectivity index (χ0n) is 22.4. The number of para-hydroxylation sites is 1. The number of amides is 3. The molecule has 202 valence electrons. The van der Waals surface area contributed by atoms with Crippen LogP contribution in [0.4, 0.5) is 18.9 Å². The molecule has 1 spiro atoms. The van der Waals surface area contributed by atoms with Crippen LogP contribution in [0.5, 0.6) is 0 Å². The molecule has 0 bridgehead atoms. The van der Waals surface area contributed by atoms with Gasteiger partial charge in [0.25, 0.3) is 5.91 Å². The van der Waals surface area contributed by atoms with Gasteiger partial charge in [0.05, 0.1) is 18.4 Å². The van der Waals surface area contributed by atoms with Gasteiger partial charge in [-0.15, -0.1) is 0 Å². The van der Waals surface area contributed by atoms with Gasteiger partial charge >= 0.3 is 0 Å². The van der Waals surface area contributed by atoms with Gasteiger partial charge in [0, 0.05) is 37.2 Å². The Labute approximate surface area is 223 Å². The summed E-state index contributed by atoms with van der Waals surface area (Å²) < 4.78 is 50.3. The number of benzene rings is 2. The summed E-state index contributed by atoms with van der Waals surface area (Å²) >= 11 is 0. The van der Waals surface area contributed by atoms with Crippen molar-refractivity contribution in [3.05, 3.63) is 65.1 Å². The molecular formula is C28H26F3N5O3. The number of aromatic nitrogens is 1. The van der Waals surface area contributed by atoms with Crippen LogP contribution in [0.15, 0.2) is 36.4 Å². The summed E-state index contributed by atoms with van der Waals surface area (Å²) in [7, 11) is 1.36. The Morgan fingerprint density at radius 3 is 2.72 bits per heavy atom. The second-order valence-electron chi connectivity index (χ2n) is 10.5. The van der Waals surface area contributed by atoms with E-state index in [9.17, 15) is 32.8 Å². The van der Waals surface area contributed by atoms with Crippen LogP contribution in [-0.4, -0.2) is 58.2 Å². The van der Waals surface area contributed by atoms with E-state index in [1.807, 2.05) is 13.8 Å². The Balaban J connectivity index is 1.48. The number of fused-ring (bicyclic) bond motifs is 3. The molecule has 0 unspecified atom stereocenters. The molecule has 0 aliphatic carbocycles. The SMILES string of the molecule is [2H]c1ccc2c(c1)[C@@]1(C[C@@H](C#N)N(C(=O)[C@H](CC(C)C)N(C)C(=O)c3cc4c(F)cc(F)c(F)c4[nH]3)C1)C(=O)N2. The van der Waals surface area contributed by atoms with Crippen LogP contribution < -0.4 is 5.32 Å². The number of nitrogens with one attached hydrogen (secondary N) is 2. The third kappa shape index (κ3) is 4.11. The van der Waals surface area contributed by atoms with Gasteiger partial charge in [-0.1, -0.05) is 32.0 Å². The minimum Gasteiger partial charge on any atom is -0.348 e. The molecule has 3 heterocycles. The van der Waals surface area contributed by atoms with E-state index in [1.165, 1.54) is 18.0 Å². The molecule has 2 aromatic carbocycles. The van der Waals surface area contributed by atoms with Crippen LogP contribution in [0, 0.1) is 34.7 Å². The number of anilines is 1. The summed E-state index contributed by atoms with van der Waals surface area (Å²) in [5, 5.41) is 12.4. The van der Waals surface area contributed by atoms with Crippen molar-refractivity contribution in [3.8, 4) is 6.07 Å². The lowest BCUT2D eigenvalue weighted by Crippen LogP contribution is -2.52. The fourth-order valence-electron chi connectivity index (χ4n) is 5.61. The van der Waals surface area contributed by atoms with Gasteiger partial charge < -0.3 is 20.1 Å². The van der Waals surface area contributed by atoms with E-state index < -0.39 is 52.3 Å². The molecule has 8 nitrogen and oxygen atoms in total. The number of carbonyl (C=O) groups is 3. The van der Waals surface area contributed by atoms with Gasteiger partial charge in [-0.2, -0.15) is 5.26 Å². The van der Waals surface area contributed by atoms with Crippen molar-refractivity contribution in [3.63, 3.8) is 0 Å². The van der Waals surface area contributed by atoms with Gasteiger partial charge in [0.15, 0.2) is 11.6 Å². The van der Waals surface area contributed by atoms with Crippen LogP contribution >= 0.6 is 0 Å². The van der Waals surface area contributed by atoms with E-state index in [0.717, 1.165) is 11.0 Å². The Bertz CT molecular complexity index is 1620. The number of aromatic amines is 1. The fourth-order valence-corrected chi connectivity index (χ4v) is 5.61. The Morgan fingerprint density at radius 2 is 2.03 bits per heavy atom. The lowest BCUT2D eigenvalue weighted by molar-refractivity contribution is -0.136. The van der Waals surface area contributed by atoms with Gasteiger partial charge in [0.1, 0.15) is 23.6 Å². The van der Waals surface area contributed by atoms with E-state index in [1.54, 1.807) is 12.1 Å². The predicted molar refractivity (Wildman–Crippen MR) is 136 cm³/mol. The molecule has 3 aromatic rings. The number of nitrogens with zero attached hydrogens (tertiary/aromatic N) is 3. The van der Waals surface area contributed by atoms with Crippen molar-refractivity contribution in [2.45, 2.75) is 44.2 Å². The summed E-state index contributed by atoms with van der Waals surface area (Å²) in [5.74, 6) is -5.56. The topological polar surface area (TPSA) is 109 Å². The molecule has 3 amide bonds. The number of H-pyrrole nitrogens is 1. The maximum Gasteiger partial charge on any atom is 0.270 e. The highest BCUT2D eigenvalue weighted by Gasteiger charge is 2.56. The average molecular weight is 539 g/mol. The Kier molecular flexibility index (Phi) is 6.05. The van der Waals surface area contributed by atoms with Crippen molar-refractivity contribution >= 4 is 34.3 Å². The second kappa shape index (κ2) is 9.45. The summed E-state index contributed by atoms with van der Waals surface area (Å²) in [6.07, 6.45) is 0.218. The van der Waals surface area contributed by atoms with Crippen LogP contribution in [0.25, 0.3) is 10.9 Å². The molecular weight excluding hydrogens is 511 g/mol. The average Bonchev–Trinajstić information content (AvgIpc) is 3.60. The highest BCUT2D eigenvalue weighted by Crippen LogP contribution is 2.46. The number of rotatable bonds is 5. The maximum atomic E-state index is 14.3. The fraction of sp³-hybridized carbons (Fsp3) is 0.357. The van der Waals surface area contributed by atoms with E-state index in [0.29, 0.717) is 17.3 Å². The van der Waals surface area contributed by atoms with E-state index in [-0.39, 0.29) is 48.3 Å². The molecule has 1 fully saturated rings. The molecule has 0 saturated carbocycles. The smallest absolute Gasteiger partial charge is 0.270 e. The zero-order chi connectivity index (χ0) is 29.1. The zero-order valence-corrected chi connectivity index (χ0v) is 21.4. The standard InChI is InChI=1S/C28H26F3N5O3/c1-14(2)8-22(35(3)25(37)21-9-16-18(29)10-19(30)23(31)24(16)33-21)26(38)36-13-28(11-15(36)12-32)17-6-4-5-7-20(17)34-27(28)39/h4-7,9-10,14-15,22,33H,8,11,13H2,1-3H3,(H,34,39)/t15-,22-,28-/m0/s1/i4D. The van der Waals surface area contributed by atoms with E-state index >= 15 is 0 Å². The number of nitriles is 1. The van der Waals surface area contributed by atoms with Crippen LogP contribution in [0.2, 0.25) is 0 Å². The molecule has 2 aliphatic heterocycles. The lowest BCUT2D eigenvalue weighted by atomic mass is 9.80. The number of hydrogen-bond donors (Lipinski definition) is 2. The largest absolute Gasteiger partial charge is 0.348 e. The van der Waals surface area contributed by atoms with Gasteiger partial charge in [-0.25, -0.2) is 13.2 Å². The highest BCUT2D eigenvalue weighted by atomic mass is 19.2. The first-order valence-corrected chi connectivity index (χ1v) is 12.4. The van der Waals surface area contributed by atoms with Crippen molar-refractivity contribution in [1.29, 1.82) is 5.26 Å². The minimum absolute atomic E-state index is 0.0235. The van der Waals surface area contributed by atoms with Crippen molar-refractivity contribution < 1.29 is 28.9 Å². The van der Waals surface area contributed by atoms with Crippen molar-refractivity contribution in [1.82, 2.24) is 14.8 Å². The number of likely N-dealkylation sites (tertiary alicyclic amines) is 1. The normalized spacial score (nSPS) is 21.2. The first-order valence-electron chi connectivity index (χ1n) is 12.9. The molecule has 0 radical (unpaired) electrons. The van der Waals surface area contributed by atoms with Gasteiger partial charge in [0.2, 0.25) is 11.8 Å². The van der Waals surface area contributed by atoms with Crippen molar-refractivity contribution in [2.75, 3.05) is 18.9 Å². The quantitative estimate of drug-likeness (QED) is 0.477. The molecule has 11 heteroatoms.